The Morgan fingerprint density at radius 1 is 0.686 bits per heavy atom. The Morgan fingerprint density at radius 3 is 1.88 bits per heavy atom. The molecule has 0 saturated carbocycles. The summed E-state index contributed by atoms with van der Waals surface area (Å²) < 4.78 is 0. The van der Waals surface area contributed by atoms with E-state index in [2.05, 4.69) is 183 Å². The molecule has 4 heteroatoms. The van der Waals surface area contributed by atoms with Gasteiger partial charge in [0.25, 0.3) is 0 Å². The zero-order valence-electron chi connectivity index (χ0n) is 31.8. The minimum absolute atomic E-state index is 0.177. The van der Waals surface area contributed by atoms with Gasteiger partial charge in [0.05, 0.1) is 0 Å². The first-order valence-corrected chi connectivity index (χ1v) is 26.2. The Kier molecular flexibility index (Phi) is 15.3. The molecule has 262 valence electrons. The van der Waals surface area contributed by atoms with Crippen LogP contribution in [0.5, 0.6) is 0 Å². The van der Waals surface area contributed by atoms with Crippen molar-refractivity contribution in [2.24, 2.45) is 0 Å². The number of rotatable bonds is 4. The number of hydrogen-bond donors (Lipinski definition) is 0. The maximum atomic E-state index is 4.93. The Hall–Kier alpha value is -2.61. The van der Waals surface area contributed by atoms with Crippen molar-refractivity contribution in [2.75, 3.05) is 0 Å². The molecule has 1 aliphatic carbocycles. The van der Waals surface area contributed by atoms with Crippen molar-refractivity contribution < 1.29 is 20.8 Å². The fourth-order valence-electron chi connectivity index (χ4n) is 6.44. The van der Waals surface area contributed by atoms with E-state index in [9.17, 15) is 0 Å². The average molecular weight is 807 g/mol. The third-order valence-corrected chi connectivity index (χ3v) is 9.18. The van der Waals surface area contributed by atoms with Gasteiger partial charge >= 0.3 is 37.9 Å². The van der Waals surface area contributed by atoms with Gasteiger partial charge in [-0.25, -0.2) is 0 Å². The van der Waals surface area contributed by atoms with Crippen molar-refractivity contribution in [3.05, 3.63) is 149 Å². The second-order valence-corrected chi connectivity index (χ2v) is 20.0. The van der Waals surface area contributed by atoms with Gasteiger partial charge in [-0.3, -0.25) is 0 Å². The van der Waals surface area contributed by atoms with Crippen LogP contribution < -0.4 is 0 Å². The van der Waals surface area contributed by atoms with Crippen LogP contribution in [0, 0.1) is 6.07 Å². The number of fused-ring (bicyclic) bond motifs is 4. The summed E-state index contributed by atoms with van der Waals surface area (Å²) in [5.41, 5.74) is 15.3. The van der Waals surface area contributed by atoms with Gasteiger partial charge in [0.2, 0.25) is 0 Å². The molecule has 0 bridgehead atoms. The van der Waals surface area contributed by atoms with Crippen molar-refractivity contribution in [1.29, 1.82) is 0 Å². The molecule has 0 N–H and O–H groups in total. The summed E-state index contributed by atoms with van der Waals surface area (Å²) in [5.74, 6) is 0. The van der Waals surface area contributed by atoms with E-state index in [1.54, 1.807) is 0 Å². The van der Waals surface area contributed by atoms with Gasteiger partial charge in [-0.2, -0.15) is 35.4 Å². The van der Waals surface area contributed by atoms with E-state index in [4.69, 9.17) is 17.0 Å². The van der Waals surface area contributed by atoms with Gasteiger partial charge in [-0.15, -0.1) is 40.1 Å². The molecule has 0 heterocycles. The molecule has 0 spiro atoms. The van der Waals surface area contributed by atoms with Crippen molar-refractivity contribution in [3.8, 4) is 33.4 Å². The number of aryl methyl sites for hydroxylation is 1. The van der Waals surface area contributed by atoms with Crippen LogP contribution in [-0.4, -0.2) is 9.52 Å². The topological polar surface area (TPSA) is 0 Å². The molecule has 6 aromatic rings. The molecule has 0 fully saturated rings. The Balaban J connectivity index is 0.000000200. The van der Waals surface area contributed by atoms with Gasteiger partial charge in [-0.1, -0.05) is 169 Å². The summed E-state index contributed by atoms with van der Waals surface area (Å²) in [7, 11) is 11.0. The molecule has 1 aliphatic rings. The molecule has 0 aliphatic heterocycles. The van der Waals surface area contributed by atoms with Crippen LogP contribution in [-0.2, 0) is 44.5 Å². The summed E-state index contributed by atoms with van der Waals surface area (Å²) >= 11 is -0.826. The van der Waals surface area contributed by atoms with E-state index >= 15 is 0 Å². The van der Waals surface area contributed by atoms with Crippen molar-refractivity contribution in [3.63, 3.8) is 0 Å². The standard InChI is InChI=1S/C24H21.C21H25.C2H6Si.2ClH.Zr/c1-2-7-18-16-22-10-6-11-23(24(22)17-18)21-14-12-20(13-15-21)19-8-4-3-5-9-19;1-20(2,3)16-9-7-14-11-15-8-10-17(21(4,5)6)13-19(15)18(14)12-16;1-3-2;;;/h3-6,8-17H,2,7H2,1H3;7,9-10,12-13H,11H2,1-6H3;1-2H3;2*1H;/q2*-1;;;;+4/p-2. The van der Waals surface area contributed by atoms with Gasteiger partial charge < -0.3 is 0 Å². The minimum atomic E-state index is -0.826. The quantitative estimate of drug-likeness (QED) is 0.123. The van der Waals surface area contributed by atoms with Crippen LogP contribution in [0.15, 0.2) is 115 Å². The van der Waals surface area contributed by atoms with Crippen LogP contribution in [0.25, 0.3) is 44.2 Å². The molecule has 6 aromatic carbocycles. The van der Waals surface area contributed by atoms with E-state index < -0.39 is 20.8 Å². The molecule has 2 radical (unpaired) electrons. The fraction of sp³-hybridized carbons (Fsp3) is 0.298. The summed E-state index contributed by atoms with van der Waals surface area (Å²) in [5, 5.41) is 2.72. The van der Waals surface area contributed by atoms with Crippen molar-refractivity contribution >= 4 is 37.3 Å². The Bertz CT molecular complexity index is 1910. The SMILES string of the molecule is CC(C)(C)c1c[c-]c2c(c1)-c1cc(C(C)(C)C)ccc1C2.CCCc1cc2c(-c3ccc(-c4ccccc4)cc3)cccc2[cH-]1.C[Si]C.[Cl][Zr+2][Cl]. The molecule has 0 aromatic heterocycles. The van der Waals surface area contributed by atoms with Crippen LogP contribution in [0.2, 0.25) is 13.1 Å². The monoisotopic (exact) mass is 804 g/mol. The fourth-order valence-corrected chi connectivity index (χ4v) is 6.44. The van der Waals surface area contributed by atoms with Crippen molar-refractivity contribution in [1.82, 2.24) is 0 Å². The Labute approximate surface area is 329 Å². The third-order valence-electron chi connectivity index (χ3n) is 9.18. The predicted molar refractivity (Wildman–Crippen MR) is 225 cm³/mol. The van der Waals surface area contributed by atoms with Crippen LogP contribution in [0.4, 0.5) is 0 Å². The van der Waals surface area contributed by atoms with Gasteiger partial charge in [0.15, 0.2) is 0 Å². The zero-order chi connectivity index (χ0) is 37.2. The van der Waals surface area contributed by atoms with Gasteiger partial charge in [-0.05, 0) is 40.5 Å². The number of benzene rings is 5. The molecular weight excluding hydrogens is 755 g/mol. The first-order chi connectivity index (χ1) is 24.3. The average Bonchev–Trinajstić information content (AvgIpc) is 3.69. The first kappa shape index (κ1) is 41.2. The molecule has 0 unspecified atom stereocenters. The molecule has 0 atom stereocenters. The zero-order valence-corrected chi connectivity index (χ0v) is 36.8. The van der Waals surface area contributed by atoms with E-state index in [1.165, 1.54) is 78.4 Å². The molecular formula is C47H52Cl2SiZr. The summed E-state index contributed by atoms with van der Waals surface area (Å²) in [6, 6.07) is 45.8. The second kappa shape index (κ2) is 18.9. The van der Waals surface area contributed by atoms with E-state index in [0.29, 0.717) is 0 Å². The van der Waals surface area contributed by atoms with Crippen LogP contribution in [0.3, 0.4) is 0 Å². The summed E-state index contributed by atoms with van der Waals surface area (Å²) in [6.45, 7) is 20.2. The molecule has 51 heavy (non-hydrogen) atoms. The predicted octanol–water partition coefficient (Wildman–Crippen LogP) is 14.7. The van der Waals surface area contributed by atoms with Crippen molar-refractivity contribution in [2.45, 2.75) is 91.7 Å². The maximum absolute atomic E-state index is 4.93. The van der Waals surface area contributed by atoms with Crippen LogP contribution in [0.1, 0.15) is 82.7 Å². The number of hydrogen-bond acceptors (Lipinski definition) is 0. The summed E-state index contributed by atoms with van der Waals surface area (Å²) in [6.07, 6.45) is 3.37. The van der Waals surface area contributed by atoms with E-state index in [-0.39, 0.29) is 10.8 Å². The molecule has 7 rings (SSSR count). The van der Waals surface area contributed by atoms with Crippen LogP contribution >= 0.6 is 17.0 Å². The molecule has 0 saturated heterocycles. The molecule has 0 nitrogen and oxygen atoms in total. The van der Waals surface area contributed by atoms with Gasteiger partial charge in [0, 0.05) is 9.52 Å². The van der Waals surface area contributed by atoms with Gasteiger partial charge in [0.1, 0.15) is 0 Å². The second-order valence-electron chi connectivity index (χ2n) is 15.3. The molecule has 0 amide bonds. The third kappa shape index (κ3) is 11.0. The summed E-state index contributed by atoms with van der Waals surface area (Å²) in [4.78, 5) is 0. The number of halogens is 2. The van der Waals surface area contributed by atoms with E-state index in [0.717, 1.165) is 22.4 Å². The van der Waals surface area contributed by atoms with E-state index in [1.807, 2.05) is 0 Å². The first-order valence-electron chi connectivity index (χ1n) is 17.9. The Morgan fingerprint density at radius 2 is 1.27 bits per heavy atom. The normalized spacial score (nSPS) is 11.5.